The number of nitrogens with zero attached hydrogens (tertiary/aromatic N) is 1. The Morgan fingerprint density at radius 2 is 1.95 bits per heavy atom. The van der Waals surface area contributed by atoms with Crippen molar-refractivity contribution in [2.75, 3.05) is 12.3 Å². The lowest BCUT2D eigenvalue weighted by Crippen LogP contribution is -2.32. The lowest BCUT2D eigenvalue weighted by molar-refractivity contribution is -0.137. The minimum Gasteiger partial charge on any atom is -0.313 e. The molecule has 1 rings (SSSR count). The summed E-state index contributed by atoms with van der Waals surface area (Å²) in [7, 11) is 0. The van der Waals surface area contributed by atoms with Gasteiger partial charge in [-0.2, -0.15) is 13.2 Å². The molecule has 1 aromatic rings. The average Bonchev–Trinajstić information content (AvgIpc) is 2.33. The van der Waals surface area contributed by atoms with E-state index in [9.17, 15) is 13.2 Å². The molecule has 0 aliphatic rings. The molecule has 1 aromatic heterocycles. The van der Waals surface area contributed by atoms with Crippen molar-refractivity contribution in [1.82, 2.24) is 10.3 Å². The molecular weight excluding hydrogens is 273 g/mol. The highest BCUT2D eigenvalue weighted by Crippen LogP contribution is 2.29. The summed E-state index contributed by atoms with van der Waals surface area (Å²) >= 11 is 1.45. The summed E-state index contributed by atoms with van der Waals surface area (Å²) < 4.78 is 37.0. The van der Waals surface area contributed by atoms with E-state index in [2.05, 4.69) is 31.1 Å². The Balaban J connectivity index is 2.35. The molecule has 1 atom stereocenters. The predicted octanol–water partition coefficient (Wildman–Crippen LogP) is 3.83. The van der Waals surface area contributed by atoms with Gasteiger partial charge in [-0.05, 0) is 25.0 Å². The number of thioether (sulfide) groups is 1. The molecular formula is C13H19F3N2S. The standard InChI is InChI=1S/C13H19F3N2S/c1-9(2)10(3)17-6-7-19-12-5-4-11(8-18-12)13(14,15)16/h4-5,8-10,17H,6-7H2,1-3H3. The summed E-state index contributed by atoms with van der Waals surface area (Å²) in [4.78, 5) is 3.81. The monoisotopic (exact) mass is 292 g/mol. The maximum atomic E-state index is 12.3. The second-order valence-electron chi connectivity index (χ2n) is 4.72. The van der Waals surface area contributed by atoms with Crippen LogP contribution in [0.4, 0.5) is 13.2 Å². The molecule has 0 aliphatic heterocycles. The van der Waals surface area contributed by atoms with Crippen LogP contribution in [0.1, 0.15) is 26.3 Å². The summed E-state index contributed by atoms with van der Waals surface area (Å²) in [5.74, 6) is 1.35. The fraction of sp³-hybridized carbons (Fsp3) is 0.615. The molecule has 0 amide bonds. The Hall–Kier alpha value is -0.750. The summed E-state index contributed by atoms with van der Waals surface area (Å²) in [5, 5.41) is 3.98. The zero-order valence-corrected chi connectivity index (χ0v) is 12.1. The van der Waals surface area contributed by atoms with Gasteiger partial charge in [0.05, 0.1) is 10.6 Å². The van der Waals surface area contributed by atoms with Gasteiger partial charge in [0.25, 0.3) is 0 Å². The van der Waals surface area contributed by atoms with Crippen molar-refractivity contribution in [3.63, 3.8) is 0 Å². The molecule has 0 bridgehead atoms. The van der Waals surface area contributed by atoms with E-state index >= 15 is 0 Å². The van der Waals surface area contributed by atoms with Crippen molar-refractivity contribution in [2.24, 2.45) is 5.92 Å². The highest BCUT2D eigenvalue weighted by Gasteiger charge is 2.30. The van der Waals surface area contributed by atoms with E-state index in [4.69, 9.17) is 0 Å². The van der Waals surface area contributed by atoms with Crippen LogP contribution in [0.3, 0.4) is 0 Å². The van der Waals surface area contributed by atoms with E-state index in [1.54, 1.807) is 0 Å². The van der Waals surface area contributed by atoms with E-state index in [0.29, 0.717) is 17.0 Å². The Kier molecular flexibility index (Phi) is 6.13. The van der Waals surface area contributed by atoms with Crippen LogP contribution in [-0.2, 0) is 6.18 Å². The fourth-order valence-electron chi connectivity index (χ4n) is 1.31. The minimum atomic E-state index is -4.32. The summed E-state index contributed by atoms with van der Waals surface area (Å²) in [6.07, 6.45) is -3.43. The van der Waals surface area contributed by atoms with Crippen molar-refractivity contribution in [2.45, 2.75) is 38.0 Å². The lowest BCUT2D eigenvalue weighted by atomic mass is 10.1. The first-order valence-corrected chi connectivity index (χ1v) is 7.18. The van der Waals surface area contributed by atoms with Crippen molar-refractivity contribution in [3.05, 3.63) is 23.9 Å². The van der Waals surface area contributed by atoms with Gasteiger partial charge >= 0.3 is 6.18 Å². The van der Waals surface area contributed by atoms with Crippen LogP contribution in [-0.4, -0.2) is 23.3 Å². The topological polar surface area (TPSA) is 24.9 Å². The third-order valence-electron chi connectivity index (χ3n) is 2.88. The van der Waals surface area contributed by atoms with Gasteiger partial charge in [0, 0.05) is 24.5 Å². The Morgan fingerprint density at radius 1 is 1.26 bits per heavy atom. The molecule has 0 spiro atoms. The van der Waals surface area contributed by atoms with Gasteiger partial charge in [-0.25, -0.2) is 4.98 Å². The average molecular weight is 292 g/mol. The van der Waals surface area contributed by atoms with Gasteiger partial charge in [-0.3, -0.25) is 0 Å². The highest BCUT2D eigenvalue weighted by molar-refractivity contribution is 7.99. The van der Waals surface area contributed by atoms with E-state index in [1.165, 1.54) is 17.8 Å². The number of aromatic nitrogens is 1. The van der Waals surface area contributed by atoms with Crippen LogP contribution < -0.4 is 5.32 Å². The molecule has 19 heavy (non-hydrogen) atoms. The summed E-state index contributed by atoms with van der Waals surface area (Å²) in [6, 6.07) is 2.92. The second-order valence-corrected chi connectivity index (χ2v) is 5.83. The molecule has 1 heterocycles. The van der Waals surface area contributed by atoms with Crippen LogP contribution in [0.5, 0.6) is 0 Å². The molecule has 0 saturated carbocycles. The third-order valence-corrected chi connectivity index (χ3v) is 3.83. The van der Waals surface area contributed by atoms with Gasteiger partial charge < -0.3 is 5.32 Å². The van der Waals surface area contributed by atoms with Crippen molar-refractivity contribution >= 4 is 11.8 Å². The molecule has 0 aliphatic carbocycles. The normalized spacial score (nSPS) is 13.8. The van der Waals surface area contributed by atoms with Gasteiger partial charge in [0.15, 0.2) is 0 Å². The predicted molar refractivity (Wildman–Crippen MR) is 72.3 cm³/mol. The smallest absolute Gasteiger partial charge is 0.313 e. The number of rotatable bonds is 6. The molecule has 0 radical (unpaired) electrons. The Labute approximate surface area is 116 Å². The summed E-state index contributed by atoms with van der Waals surface area (Å²) in [6.45, 7) is 7.21. The zero-order chi connectivity index (χ0) is 14.5. The number of pyridine rings is 1. The molecule has 2 nitrogen and oxygen atoms in total. The number of alkyl halides is 3. The minimum absolute atomic E-state index is 0.432. The molecule has 6 heteroatoms. The third kappa shape index (κ3) is 5.82. The molecule has 0 saturated heterocycles. The van der Waals surface area contributed by atoms with Crippen LogP contribution in [0.15, 0.2) is 23.4 Å². The first-order valence-electron chi connectivity index (χ1n) is 6.20. The fourth-order valence-corrected chi connectivity index (χ4v) is 2.03. The zero-order valence-electron chi connectivity index (χ0n) is 11.3. The first-order chi connectivity index (χ1) is 8.80. The van der Waals surface area contributed by atoms with Crippen LogP contribution in [0.2, 0.25) is 0 Å². The molecule has 1 N–H and O–H groups in total. The maximum absolute atomic E-state index is 12.3. The lowest BCUT2D eigenvalue weighted by Gasteiger charge is -2.16. The highest BCUT2D eigenvalue weighted by atomic mass is 32.2. The van der Waals surface area contributed by atoms with E-state index in [-0.39, 0.29) is 0 Å². The second kappa shape index (κ2) is 7.14. The van der Waals surface area contributed by atoms with Gasteiger partial charge in [0.1, 0.15) is 0 Å². The van der Waals surface area contributed by atoms with Crippen molar-refractivity contribution in [3.8, 4) is 0 Å². The van der Waals surface area contributed by atoms with E-state index in [0.717, 1.165) is 24.6 Å². The molecule has 108 valence electrons. The molecule has 0 aromatic carbocycles. The van der Waals surface area contributed by atoms with Crippen LogP contribution in [0, 0.1) is 5.92 Å². The van der Waals surface area contributed by atoms with Crippen LogP contribution >= 0.6 is 11.8 Å². The number of hydrogen-bond acceptors (Lipinski definition) is 3. The van der Waals surface area contributed by atoms with Gasteiger partial charge in [0.2, 0.25) is 0 Å². The van der Waals surface area contributed by atoms with Crippen molar-refractivity contribution < 1.29 is 13.2 Å². The van der Waals surface area contributed by atoms with Gasteiger partial charge in [-0.1, -0.05) is 13.8 Å². The quantitative estimate of drug-likeness (QED) is 0.637. The van der Waals surface area contributed by atoms with E-state index < -0.39 is 11.7 Å². The Morgan fingerprint density at radius 3 is 2.42 bits per heavy atom. The van der Waals surface area contributed by atoms with Gasteiger partial charge in [-0.15, -0.1) is 11.8 Å². The van der Waals surface area contributed by atoms with E-state index in [1.807, 2.05) is 0 Å². The van der Waals surface area contributed by atoms with Crippen LogP contribution in [0.25, 0.3) is 0 Å². The van der Waals surface area contributed by atoms with Crippen molar-refractivity contribution in [1.29, 1.82) is 0 Å². The molecule has 1 unspecified atom stereocenters. The largest absolute Gasteiger partial charge is 0.417 e. The number of hydrogen-bond donors (Lipinski definition) is 1. The Bertz CT molecular complexity index is 376. The maximum Gasteiger partial charge on any atom is 0.417 e. The summed E-state index contributed by atoms with van der Waals surface area (Å²) in [5.41, 5.74) is -0.705. The SMILES string of the molecule is CC(C)C(C)NCCSc1ccc(C(F)(F)F)cn1. The number of halogens is 3. The first kappa shape index (κ1) is 16.3. The number of nitrogens with one attached hydrogen (secondary N) is 1. The molecule has 0 fully saturated rings.